The smallest absolute Gasteiger partial charge is 0.335 e. The van der Waals surface area contributed by atoms with Crippen LogP contribution in [0, 0.1) is 57.2 Å². The summed E-state index contributed by atoms with van der Waals surface area (Å²) in [4.78, 5) is 27.8. The van der Waals surface area contributed by atoms with Crippen LogP contribution in [0.4, 0.5) is 0 Å². The molecule has 6 fully saturated rings. The normalized spacial score (nSPS) is 45.6. The summed E-state index contributed by atoms with van der Waals surface area (Å²) >= 11 is 0. The lowest BCUT2D eigenvalue weighted by atomic mass is 9.33. The lowest BCUT2D eigenvalue weighted by Crippen LogP contribution is -2.68. The van der Waals surface area contributed by atoms with Gasteiger partial charge < -0.3 is 10.4 Å². The maximum absolute atomic E-state index is 14.0. The van der Waals surface area contributed by atoms with Crippen LogP contribution in [0.5, 0.6) is 0 Å². The molecule has 2 bridgehead atoms. The van der Waals surface area contributed by atoms with Gasteiger partial charge in [-0.05, 0) is 145 Å². The first-order valence-electron chi connectivity index (χ1n) is 20.2. The number of carbonyl (C=O) groups is 2. The fourth-order valence-electron chi connectivity index (χ4n) is 15.0. The fraction of sp³-hybridized carbons (Fsp3) is 0.767. The van der Waals surface area contributed by atoms with Gasteiger partial charge in [-0.2, -0.15) is 10.6 Å². The Morgan fingerprint density at radius 2 is 1.65 bits per heavy atom. The molecule has 4 saturated carbocycles. The summed E-state index contributed by atoms with van der Waals surface area (Å²) in [6.45, 7) is 18.7. The zero-order valence-electron chi connectivity index (χ0n) is 32.2. The SMILES string of the molecule is CC(C)[C@@H]1CC[C@]2(NC(=O)CN3C[C@@H]4C[C@H]3CS4(O)O)CC[C@]3(C)[C@H](CC[C@@H]4[C@@]5(C)CC=C(c6ccc(C(=O)O)cc6)C(C)(C)[C@@H]5CC[C@]43C)[C@@H]12. The van der Waals surface area contributed by atoms with E-state index in [1.54, 1.807) is 12.1 Å². The van der Waals surface area contributed by atoms with Crippen molar-refractivity contribution in [3.05, 3.63) is 41.5 Å². The number of fused-ring (bicyclic) bond motifs is 9. The van der Waals surface area contributed by atoms with E-state index in [2.05, 4.69) is 64.8 Å². The van der Waals surface area contributed by atoms with Gasteiger partial charge in [-0.1, -0.05) is 66.7 Å². The molecule has 0 spiro atoms. The number of hydrogen-bond donors (Lipinski definition) is 4. The van der Waals surface area contributed by atoms with Crippen molar-refractivity contribution < 1.29 is 23.8 Å². The minimum atomic E-state index is -2.48. The highest BCUT2D eigenvalue weighted by Gasteiger charge is 2.70. The Morgan fingerprint density at radius 3 is 2.27 bits per heavy atom. The largest absolute Gasteiger partial charge is 0.478 e. The van der Waals surface area contributed by atoms with E-state index in [1.807, 2.05) is 12.1 Å². The molecule has 1 aromatic carbocycles. The van der Waals surface area contributed by atoms with Crippen LogP contribution in [-0.2, 0) is 4.79 Å². The molecular formula is C43H64N2O5S. The van der Waals surface area contributed by atoms with E-state index < -0.39 is 16.6 Å². The number of carbonyl (C=O) groups excluding carboxylic acids is 1. The van der Waals surface area contributed by atoms with Crippen molar-refractivity contribution in [1.29, 1.82) is 0 Å². The van der Waals surface area contributed by atoms with Gasteiger partial charge in [0.15, 0.2) is 0 Å². The number of aromatic carboxylic acids is 1. The summed E-state index contributed by atoms with van der Waals surface area (Å²) in [5.41, 5.74) is 3.37. The van der Waals surface area contributed by atoms with Gasteiger partial charge in [0.25, 0.3) is 0 Å². The topological polar surface area (TPSA) is 110 Å². The quantitative estimate of drug-likeness (QED) is 0.233. The predicted molar refractivity (Wildman–Crippen MR) is 206 cm³/mol. The van der Waals surface area contributed by atoms with Crippen LogP contribution >= 0.6 is 10.6 Å². The maximum Gasteiger partial charge on any atom is 0.335 e. The second-order valence-corrected chi connectivity index (χ2v) is 22.5. The van der Waals surface area contributed by atoms with Crippen molar-refractivity contribution in [2.75, 3.05) is 18.8 Å². The second kappa shape index (κ2) is 11.8. The van der Waals surface area contributed by atoms with E-state index in [-0.39, 0.29) is 44.4 Å². The number of amides is 1. The van der Waals surface area contributed by atoms with Gasteiger partial charge in [-0.3, -0.25) is 18.8 Å². The molecular weight excluding hydrogens is 657 g/mol. The molecule has 7 nitrogen and oxygen atoms in total. The average Bonchev–Trinajstić information content (AvgIpc) is 3.71. The summed E-state index contributed by atoms with van der Waals surface area (Å²) in [5.74, 6) is 3.18. The number of carboxylic acid groups (broad SMARTS) is 1. The van der Waals surface area contributed by atoms with E-state index in [1.165, 1.54) is 44.1 Å². The van der Waals surface area contributed by atoms with Gasteiger partial charge in [0.1, 0.15) is 0 Å². The van der Waals surface area contributed by atoms with Crippen molar-refractivity contribution >= 4 is 28.0 Å². The molecule has 0 radical (unpaired) electrons. The van der Waals surface area contributed by atoms with Gasteiger partial charge in [0.05, 0.1) is 23.1 Å². The highest BCUT2D eigenvalue weighted by atomic mass is 32.3. The predicted octanol–water partition coefficient (Wildman–Crippen LogP) is 9.19. The number of nitrogens with zero attached hydrogens (tertiary/aromatic N) is 1. The average molecular weight is 721 g/mol. The molecule has 282 valence electrons. The first-order chi connectivity index (χ1) is 23.9. The lowest BCUT2D eigenvalue weighted by Gasteiger charge is -2.72. The van der Waals surface area contributed by atoms with Crippen LogP contribution in [-0.4, -0.2) is 66.7 Å². The Morgan fingerprint density at radius 1 is 0.922 bits per heavy atom. The summed E-state index contributed by atoms with van der Waals surface area (Å²) < 4.78 is 20.8. The van der Waals surface area contributed by atoms with Crippen molar-refractivity contribution in [2.45, 2.75) is 130 Å². The third-order valence-electron chi connectivity index (χ3n) is 17.6. The lowest BCUT2D eigenvalue weighted by molar-refractivity contribution is -0.221. The zero-order valence-corrected chi connectivity index (χ0v) is 33.0. The van der Waals surface area contributed by atoms with E-state index >= 15 is 0 Å². The van der Waals surface area contributed by atoms with Gasteiger partial charge >= 0.3 is 5.97 Å². The van der Waals surface area contributed by atoms with Crippen LogP contribution in [0.25, 0.3) is 5.57 Å². The fourth-order valence-corrected chi connectivity index (χ4v) is 17.1. The Hall–Kier alpha value is -1.87. The van der Waals surface area contributed by atoms with Crippen LogP contribution in [0.1, 0.15) is 129 Å². The third-order valence-corrected chi connectivity index (χ3v) is 19.8. The Bertz CT molecular complexity index is 1620. The zero-order chi connectivity index (χ0) is 36.5. The highest BCUT2D eigenvalue weighted by Crippen LogP contribution is 2.76. The summed E-state index contributed by atoms with van der Waals surface area (Å²) in [5, 5.41) is 13.2. The Balaban J connectivity index is 1.06. The molecule has 0 unspecified atom stereocenters. The number of hydrogen-bond acceptors (Lipinski definition) is 5. The number of benzene rings is 1. The van der Waals surface area contributed by atoms with Crippen molar-refractivity contribution in [1.82, 2.24) is 10.2 Å². The summed E-state index contributed by atoms with van der Waals surface area (Å²) in [7, 11) is -2.48. The maximum atomic E-state index is 14.0. The van der Waals surface area contributed by atoms with Crippen molar-refractivity contribution in [3.8, 4) is 0 Å². The van der Waals surface area contributed by atoms with E-state index in [0.29, 0.717) is 59.9 Å². The van der Waals surface area contributed by atoms with Crippen LogP contribution in [0.2, 0.25) is 0 Å². The first-order valence-corrected chi connectivity index (χ1v) is 22.0. The molecule has 8 heteroatoms. The molecule has 8 rings (SSSR count). The number of rotatable bonds is 6. The number of allylic oxidation sites excluding steroid dienone is 2. The van der Waals surface area contributed by atoms with Gasteiger partial charge in [-0.25, -0.2) is 4.79 Å². The Labute approximate surface area is 308 Å². The molecule has 51 heavy (non-hydrogen) atoms. The highest BCUT2D eigenvalue weighted by molar-refractivity contribution is 8.25. The van der Waals surface area contributed by atoms with Crippen molar-refractivity contribution in [3.63, 3.8) is 0 Å². The molecule has 1 aromatic rings. The Kier molecular flexibility index (Phi) is 8.37. The molecule has 1 amide bonds. The minimum absolute atomic E-state index is 0.0109. The van der Waals surface area contributed by atoms with E-state index in [4.69, 9.17) is 0 Å². The third kappa shape index (κ3) is 5.14. The second-order valence-electron chi connectivity index (χ2n) is 20.1. The monoisotopic (exact) mass is 720 g/mol. The van der Waals surface area contributed by atoms with Gasteiger partial charge in [0, 0.05) is 18.1 Å². The summed E-state index contributed by atoms with van der Waals surface area (Å²) in [6.07, 6.45) is 13.9. The van der Waals surface area contributed by atoms with Crippen LogP contribution < -0.4 is 5.32 Å². The molecule has 0 aromatic heterocycles. The van der Waals surface area contributed by atoms with Crippen LogP contribution in [0.3, 0.4) is 0 Å². The number of carboxylic acids is 1. The molecule has 11 atom stereocenters. The molecule has 2 heterocycles. The standard InChI is InChI=1S/C43H64N2O5S/c1-26(2)31-14-19-43(44-36(46)24-45-23-30-22-29(45)25-51(30,49)50)21-20-41(6)33(37(31)43)12-13-35-40(5)17-15-32(27-8-10-28(11-9-27)38(47)48)39(3,4)34(40)16-18-42(35,41)7/h8-11,15,26,29-31,33-35,37,49-50H,12-14,16-25H2,1-7H3,(H,44,46)(H,47,48)/t29-,30-,31-,33+,34-,35+,37+,40-,41+,42+,43-/m0/s1. The number of nitrogens with one attached hydrogen (secondary N) is 1. The van der Waals surface area contributed by atoms with Gasteiger partial charge in [0.2, 0.25) is 5.91 Å². The molecule has 7 aliphatic rings. The number of likely N-dealkylation sites (tertiary alicyclic amines) is 1. The van der Waals surface area contributed by atoms with Gasteiger partial charge in [-0.15, -0.1) is 0 Å². The van der Waals surface area contributed by atoms with E-state index in [9.17, 15) is 23.8 Å². The summed E-state index contributed by atoms with van der Waals surface area (Å²) in [6, 6.07) is 7.68. The minimum Gasteiger partial charge on any atom is -0.478 e. The first kappa shape index (κ1) is 36.1. The van der Waals surface area contributed by atoms with Crippen LogP contribution in [0.15, 0.2) is 30.3 Å². The van der Waals surface area contributed by atoms with Crippen molar-refractivity contribution in [2.24, 2.45) is 57.2 Å². The molecule has 2 aliphatic heterocycles. The molecule has 4 N–H and O–H groups in total. The van der Waals surface area contributed by atoms with E-state index in [0.717, 1.165) is 31.2 Å². The molecule has 2 saturated heterocycles. The molecule has 5 aliphatic carbocycles.